The molecule has 0 fully saturated rings. The first-order valence-electron chi connectivity index (χ1n) is 5.47. The van der Waals surface area contributed by atoms with Gasteiger partial charge in [-0.25, -0.2) is 9.78 Å². The van der Waals surface area contributed by atoms with Gasteiger partial charge in [-0.2, -0.15) is 0 Å². The van der Waals surface area contributed by atoms with Gasteiger partial charge in [0.15, 0.2) is 5.69 Å². The van der Waals surface area contributed by atoms with E-state index < -0.39 is 5.97 Å². The van der Waals surface area contributed by atoms with Crippen molar-refractivity contribution in [3.05, 3.63) is 27.5 Å². The van der Waals surface area contributed by atoms with Crippen molar-refractivity contribution in [3.63, 3.8) is 0 Å². The standard InChI is InChI=1S/C8H7Cl2NO2.2C2H6/c1-4-5(9)3-6(10)11-7(4)8(12)13-2;2*1-2/h3H,1-2H3;2*1-2H3. The van der Waals surface area contributed by atoms with E-state index in [2.05, 4.69) is 9.72 Å². The quantitative estimate of drug-likeness (QED) is 0.560. The van der Waals surface area contributed by atoms with E-state index in [-0.39, 0.29) is 10.8 Å². The first-order chi connectivity index (χ1) is 8.06. The lowest BCUT2D eigenvalue weighted by Crippen LogP contribution is -2.07. The third-order valence-corrected chi connectivity index (χ3v) is 2.14. The van der Waals surface area contributed by atoms with Gasteiger partial charge in [-0.15, -0.1) is 0 Å². The van der Waals surface area contributed by atoms with Crippen molar-refractivity contribution in [2.75, 3.05) is 7.11 Å². The molecule has 0 saturated heterocycles. The number of ether oxygens (including phenoxy) is 1. The Balaban J connectivity index is 0. The maximum atomic E-state index is 11.1. The second-order valence-corrected chi connectivity index (χ2v) is 3.19. The van der Waals surface area contributed by atoms with Crippen LogP contribution < -0.4 is 0 Å². The molecule has 5 heteroatoms. The zero-order chi connectivity index (χ0) is 14.0. The van der Waals surface area contributed by atoms with Crippen molar-refractivity contribution in [3.8, 4) is 0 Å². The molecule has 0 bridgehead atoms. The maximum Gasteiger partial charge on any atom is 0.357 e. The molecule has 0 unspecified atom stereocenters. The van der Waals surface area contributed by atoms with Crippen molar-refractivity contribution in [1.82, 2.24) is 4.98 Å². The number of methoxy groups -OCH3 is 1. The molecule has 0 aromatic carbocycles. The molecule has 0 saturated carbocycles. The lowest BCUT2D eigenvalue weighted by atomic mass is 10.2. The van der Waals surface area contributed by atoms with E-state index in [4.69, 9.17) is 23.2 Å². The van der Waals surface area contributed by atoms with Gasteiger partial charge in [0.25, 0.3) is 0 Å². The summed E-state index contributed by atoms with van der Waals surface area (Å²) in [6.45, 7) is 9.68. The summed E-state index contributed by atoms with van der Waals surface area (Å²) in [6.07, 6.45) is 0. The highest BCUT2D eigenvalue weighted by Gasteiger charge is 2.14. The Bertz CT molecular complexity index is 355. The summed E-state index contributed by atoms with van der Waals surface area (Å²) >= 11 is 11.4. The number of rotatable bonds is 1. The second-order valence-electron chi connectivity index (χ2n) is 2.39. The molecular weight excluding hydrogens is 261 g/mol. The van der Waals surface area contributed by atoms with Crippen LogP contribution in [0.15, 0.2) is 6.07 Å². The summed E-state index contributed by atoms with van der Waals surface area (Å²) in [6, 6.07) is 1.48. The lowest BCUT2D eigenvalue weighted by molar-refractivity contribution is 0.0593. The van der Waals surface area contributed by atoms with Crippen LogP contribution in [0.25, 0.3) is 0 Å². The van der Waals surface area contributed by atoms with E-state index in [1.54, 1.807) is 6.92 Å². The lowest BCUT2D eigenvalue weighted by Gasteiger charge is -2.04. The number of aromatic nitrogens is 1. The van der Waals surface area contributed by atoms with Crippen LogP contribution >= 0.6 is 23.2 Å². The van der Waals surface area contributed by atoms with Gasteiger partial charge in [-0.05, 0) is 13.0 Å². The molecule has 0 spiro atoms. The molecule has 98 valence electrons. The van der Waals surface area contributed by atoms with Gasteiger partial charge in [0.05, 0.1) is 7.11 Å². The number of halogens is 2. The molecule has 0 aliphatic heterocycles. The van der Waals surface area contributed by atoms with Crippen LogP contribution in [0.5, 0.6) is 0 Å². The largest absolute Gasteiger partial charge is 0.464 e. The number of hydrogen-bond donors (Lipinski definition) is 0. The number of carbonyl (C=O) groups is 1. The molecule has 1 heterocycles. The van der Waals surface area contributed by atoms with E-state index in [9.17, 15) is 4.79 Å². The molecular formula is C12H19Cl2NO2. The molecule has 1 rings (SSSR count). The molecule has 17 heavy (non-hydrogen) atoms. The van der Waals surface area contributed by atoms with Gasteiger partial charge >= 0.3 is 5.97 Å². The predicted molar refractivity (Wildman–Crippen MR) is 73.0 cm³/mol. The van der Waals surface area contributed by atoms with E-state index in [0.29, 0.717) is 10.6 Å². The third kappa shape index (κ3) is 5.89. The van der Waals surface area contributed by atoms with Gasteiger partial charge in [0.2, 0.25) is 0 Å². The summed E-state index contributed by atoms with van der Waals surface area (Å²) in [5, 5.41) is 0.580. The minimum absolute atomic E-state index is 0.153. The fourth-order valence-corrected chi connectivity index (χ4v) is 1.29. The first kappa shape index (κ1) is 18.6. The number of hydrogen-bond acceptors (Lipinski definition) is 3. The van der Waals surface area contributed by atoms with Crippen molar-refractivity contribution in [1.29, 1.82) is 0 Å². The van der Waals surface area contributed by atoms with Gasteiger partial charge in [0, 0.05) is 10.6 Å². The monoisotopic (exact) mass is 279 g/mol. The predicted octanol–water partition coefficient (Wildman–Crippen LogP) is 4.54. The molecule has 0 aliphatic rings. The van der Waals surface area contributed by atoms with E-state index in [1.807, 2.05) is 27.7 Å². The van der Waals surface area contributed by atoms with Crippen LogP contribution in [0, 0.1) is 6.92 Å². The van der Waals surface area contributed by atoms with Crippen LogP contribution in [-0.2, 0) is 4.74 Å². The fraction of sp³-hybridized carbons (Fsp3) is 0.500. The molecule has 0 amide bonds. The zero-order valence-electron chi connectivity index (χ0n) is 11.1. The Morgan fingerprint density at radius 1 is 1.24 bits per heavy atom. The maximum absolute atomic E-state index is 11.1. The zero-order valence-corrected chi connectivity index (χ0v) is 12.6. The van der Waals surface area contributed by atoms with Crippen LogP contribution in [0.2, 0.25) is 10.2 Å². The van der Waals surface area contributed by atoms with E-state index >= 15 is 0 Å². The summed E-state index contributed by atoms with van der Waals surface area (Å²) in [5.74, 6) is -0.540. The molecule has 0 atom stereocenters. The Hall–Kier alpha value is -0.800. The minimum Gasteiger partial charge on any atom is -0.464 e. The molecule has 3 nitrogen and oxygen atoms in total. The van der Waals surface area contributed by atoms with Gasteiger partial charge in [-0.1, -0.05) is 50.9 Å². The molecule has 0 N–H and O–H groups in total. The number of carbonyl (C=O) groups excluding carboxylic acids is 1. The Labute approximate surface area is 113 Å². The third-order valence-electron chi connectivity index (χ3n) is 1.56. The van der Waals surface area contributed by atoms with E-state index in [1.165, 1.54) is 13.2 Å². The number of pyridine rings is 1. The first-order valence-corrected chi connectivity index (χ1v) is 6.22. The van der Waals surface area contributed by atoms with Crippen LogP contribution in [0.3, 0.4) is 0 Å². The van der Waals surface area contributed by atoms with Gasteiger partial charge in [0.1, 0.15) is 5.15 Å². The molecule has 1 aromatic rings. The summed E-state index contributed by atoms with van der Waals surface area (Å²) in [4.78, 5) is 14.9. The highest BCUT2D eigenvalue weighted by atomic mass is 35.5. The van der Waals surface area contributed by atoms with Gasteiger partial charge in [-0.3, -0.25) is 0 Å². The Morgan fingerprint density at radius 3 is 2.12 bits per heavy atom. The Kier molecular flexibility index (Phi) is 11.3. The topological polar surface area (TPSA) is 39.2 Å². The summed E-state index contributed by atoms with van der Waals surface area (Å²) in [7, 11) is 1.28. The highest BCUT2D eigenvalue weighted by molar-refractivity contribution is 6.34. The van der Waals surface area contributed by atoms with Crippen LogP contribution in [0.4, 0.5) is 0 Å². The van der Waals surface area contributed by atoms with Crippen molar-refractivity contribution >= 4 is 29.2 Å². The minimum atomic E-state index is -0.540. The smallest absolute Gasteiger partial charge is 0.357 e. The molecule has 0 aliphatic carbocycles. The van der Waals surface area contributed by atoms with Crippen molar-refractivity contribution in [2.45, 2.75) is 34.6 Å². The average molecular weight is 280 g/mol. The summed E-state index contributed by atoms with van der Waals surface area (Å²) < 4.78 is 4.51. The Morgan fingerprint density at radius 2 is 1.71 bits per heavy atom. The summed E-state index contributed by atoms with van der Waals surface area (Å²) in [5.41, 5.74) is 0.720. The fourth-order valence-electron chi connectivity index (χ4n) is 0.844. The normalized spacial score (nSPS) is 8.24. The number of esters is 1. The molecule has 1 aromatic heterocycles. The van der Waals surface area contributed by atoms with Crippen molar-refractivity contribution in [2.24, 2.45) is 0 Å². The average Bonchev–Trinajstić information content (AvgIpc) is 2.37. The van der Waals surface area contributed by atoms with Crippen molar-refractivity contribution < 1.29 is 9.53 Å². The van der Waals surface area contributed by atoms with Crippen LogP contribution in [0.1, 0.15) is 43.7 Å². The van der Waals surface area contributed by atoms with Gasteiger partial charge < -0.3 is 4.74 Å². The second kappa shape index (κ2) is 10.4. The van der Waals surface area contributed by atoms with E-state index in [0.717, 1.165) is 0 Å². The van der Waals surface area contributed by atoms with Crippen LogP contribution in [-0.4, -0.2) is 18.1 Å². The highest BCUT2D eigenvalue weighted by Crippen LogP contribution is 2.21. The SMILES string of the molecule is CC.CC.COC(=O)c1nc(Cl)cc(Cl)c1C. The number of nitrogens with zero attached hydrogens (tertiary/aromatic N) is 1. The molecule has 0 radical (unpaired) electrons.